The van der Waals surface area contributed by atoms with Crippen LogP contribution in [-0.2, 0) is 6.54 Å². The number of aromatic amines is 1. The van der Waals surface area contributed by atoms with Gasteiger partial charge in [0.1, 0.15) is 0 Å². The predicted octanol–water partition coefficient (Wildman–Crippen LogP) is 1.05. The van der Waals surface area contributed by atoms with Crippen LogP contribution < -0.4 is 11.2 Å². The first-order valence-electron chi connectivity index (χ1n) is 4.22. The Bertz CT molecular complexity index is 413. The third-order valence-corrected chi connectivity index (χ3v) is 3.09. The summed E-state index contributed by atoms with van der Waals surface area (Å²) in [7, 11) is 0. The van der Waals surface area contributed by atoms with Gasteiger partial charge in [0, 0.05) is 18.5 Å². The average molecular weight is 279 g/mol. The molecule has 0 aliphatic carbocycles. The van der Waals surface area contributed by atoms with Gasteiger partial charge in [-0.3, -0.25) is 14.3 Å². The molecule has 1 aromatic heterocycles. The number of hydrogen-bond donors (Lipinski definition) is 1. The second-order valence-corrected chi connectivity index (χ2v) is 4.87. The molecule has 0 aliphatic heterocycles. The van der Waals surface area contributed by atoms with Crippen LogP contribution in [0.2, 0.25) is 0 Å². The monoisotopic (exact) mass is 278 g/mol. The topological polar surface area (TPSA) is 54.9 Å². The summed E-state index contributed by atoms with van der Waals surface area (Å²) in [5.74, 6) is 1.90. The molecule has 0 aliphatic rings. The lowest BCUT2D eigenvalue weighted by Crippen LogP contribution is -2.30. The number of halogens is 1. The summed E-state index contributed by atoms with van der Waals surface area (Å²) in [4.78, 5) is 24.5. The third-order valence-electron chi connectivity index (χ3n) is 1.65. The molecule has 4 nitrogen and oxygen atoms in total. The first-order chi connectivity index (χ1) is 6.65. The first-order valence-corrected chi connectivity index (χ1v) is 6.17. The second kappa shape index (κ2) is 5.41. The zero-order valence-corrected chi connectivity index (χ0v) is 10.2. The minimum Gasteiger partial charge on any atom is -0.299 e. The van der Waals surface area contributed by atoms with Crippen LogP contribution in [0.3, 0.4) is 0 Å². The van der Waals surface area contributed by atoms with Crippen molar-refractivity contribution in [1.82, 2.24) is 9.55 Å². The van der Waals surface area contributed by atoms with Gasteiger partial charge in [-0.05, 0) is 21.7 Å². The molecule has 6 heteroatoms. The van der Waals surface area contributed by atoms with E-state index in [2.05, 4.69) is 27.8 Å². The molecule has 1 rings (SSSR count). The van der Waals surface area contributed by atoms with Crippen LogP contribution in [0.15, 0.2) is 20.3 Å². The molecule has 14 heavy (non-hydrogen) atoms. The van der Waals surface area contributed by atoms with E-state index in [1.165, 1.54) is 10.8 Å². The SMILES string of the molecule is CCSCCn1cc(Br)c(=O)[nH]c1=O. The zero-order valence-electron chi connectivity index (χ0n) is 7.75. The Morgan fingerprint density at radius 3 is 2.93 bits per heavy atom. The molecule has 0 aromatic carbocycles. The average Bonchev–Trinajstić information content (AvgIpc) is 2.14. The molecule has 1 N–H and O–H groups in total. The highest BCUT2D eigenvalue weighted by atomic mass is 79.9. The third kappa shape index (κ3) is 3.02. The van der Waals surface area contributed by atoms with E-state index in [1.54, 1.807) is 11.8 Å². The second-order valence-electron chi connectivity index (χ2n) is 2.63. The van der Waals surface area contributed by atoms with Gasteiger partial charge in [-0.1, -0.05) is 6.92 Å². The van der Waals surface area contributed by atoms with Crippen molar-refractivity contribution >= 4 is 27.7 Å². The maximum Gasteiger partial charge on any atom is 0.328 e. The quantitative estimate of drug-likeness (QED) is 0.838. The molecule has 0 unspecified atom stereocenters. The summed E-state index contributed by atoms with van der Waals surface area (Å²) in [5, 5.41) is 0. The Balaban J connectivity index is 2.82. The van der Waals surface area contributed by atoms with E-state index in [-0.39, 0.29) is 11.2 Å². The fourth-order valence-electron chi connectivity index (χ4n) is 0.956. The smallest absolute Gasteiger partial charge is 0.299 e. The highest BCUT2D eigenvalue weighted by molar-refractivity contribution is 9.10. The van der Waals surface area contributed by atoms with Gasteiger partial charge in [0.2, 0.25) is 0 Å². The van der Waals surface area contributed by atoms with Crippen molar-refractivity contribution in [1.29, 1.82) is 0 Å². The van der Waals surface area contributed by atoms with Crippen molar-refractivity contribution < 1.29 is 0 Å². The minimum atomic E-state index is -0.380. The summed E-state index contributed by atoms with van der Waals surface area (Å²) in [5.41, 5.74) is -0.732. The summed E-state index contributed by atoms with van der Waals surface area (Å²) in [6.07, 6.45) is 1.53. The van der Waals surface area contributed by atoms with Gasteiger partial charge >= 0.3 is 5.69 Å². The summed E-state index contributed by atoms with van der Waals surface area (Å²) >= 11 is 4.83. The van der Waals surface area contributed by atoms with E-state index in [0.717, 1.165) is 11.5 Å². The Morgan fingerprint density at radius 2 is 2.29 bits per heavy atom. The van der Waals surface area contributed by atoms with Gasteiger partial charge in [-0.15, -0.1) is 0 Å². The largest absolute Gasteiger partial charge is 0.328 e. The van der Waals surface area contributed by atoms with Gasteiger partial charge in [0.05, 0.1) is 4.47 Å². The maximum atomic E-state index is 11.3. The minimum absolute atomic E-state index is 0.352. The normalized spacial score (nSPS) is 10.4. The van der Waals surface area contributed by atoms with Gasteiger partial charge in [0.15, 0.2) is 0 Å². The Morgan fingerprint density at radius 1 is 1.57 bits per heavy atom. The standard InChI is InChI=1S/C8H11BrN2O2S/c1-2-14-4-3-11-5-6(9)7(12)10-8(11)13/h5H,2-4H2,1H3,(H,10,12,13). The molecule has 0 radical (unpaired) electrons. The molecule has 0 atom stereocenters. The molecule has 0 fully saturated rings. The molecular formula is C8H11BrN2O2S. The van der Waals surface area contributed by atoms with Crippen molar-refractivity contribution in [2.75, 3.05) is 11.5 Å². The summed E-state index contributed by atoms with van der Waals surface area (Å²) in [6, 6.07) is 0. The lowest BCUT2D eigenvalue weighted by Gasteiger charge is -2.03. The van der Waals surface area contributed by atoms with Crippen LogP contribution in [0.4, 0.5) is 0 Å². The van der Waals surface area contributed by atoms with Crippen molar-refractivity contribution in [2.24, 2.45) is 0 Å². The van der Waals surface area contributed by atoms with E-state index in [4.69, 9.17) is 0 Å². The maximum absolute atomic E-state index is 11.3. The molecule has 0 bridgehead atoms. The number of nitrogens with one attached hydrogen (secondary N) is 1. The molecule has 0 saturated heterocycles. The van der Waals surface area contributed by atoms with E-state index in [0.29, 0.717) is 11.0 Å². The molecular weight excluding hydrogens is 268 g/mol. The van der Waals surface area contributed by atoms with Crippen LogP contribution in [0.25, 0.3) is 0 Å². The van der Waals surface area contributed by atoms with Crippen LogP contribution >= 0.6 is 27.7 Å². The fraction of sp³-hybridized carbons (Fsp3) is 0.500. The van der Waals surface area contributed by atoms with Crippen LogP contribution in [0.5, 0.6) is 0 Å². The summed E-state index contributed by atoms with van der Waals surface area (Å²) in [6.45, 7) is 2.68. The highest BCUT2D eigenvalue weighted by Gasteiger charge is 2.00. The summed E-state index contributed by atoms with van der Waals surface area (Å²) < 4.78 is 1.88. The number of thioether (sulfide) groups is 1. The van der Waals surface area contributed by atoms with Crippen molar-refractivity contribution in [3.63, 3.8) is 0 Å². The van der Waals surface area contributed by atoms with Gasteiger partial charge in [0.25, 0.3) is 5.56 Å². The van der Waals surface area contributed by atoms with E-state index in [1.807, 2.05) is 0 Å². The number of H-pyrrole nitrogens is 1. The number of nitrogens with zero attached hydrogens (tertiary/aromatic N) is 1. The number of aromatic nitrogens is 2. The van der Waals surface area contributed by atoms with Crippen molar-refractivity contribution in [2.45, 2.75) is 13.5 Å². The molecule has 0 saturated carbocycles. The van der Waals surface area contributed by atoms with E-state index >= 15 is 0 Å². The zero-order chi connectivity index (χ0) is 10.6. The lowest BCUT2D eigenvalue weighted by atomic mass is 10.6. The van der Waals surface area contributed by atoms with Crippen molar-refractivity contribution in [3.8, 4) is 0 Å². The fourth-order valence-corrected chi connectivity index (χ4v) is 1.92. The van der Waals surface area contributed by atoms with E-state index in [9.17, 15) is 9.59 Å². The number of rotatable bonds is 4. The van der Waals surface area contributed by atoms with Gasteiger partial charge in [-0.2, -0.15) is 11.8 Å². The molecule has 1 aromatic rings. The highest BCUT2D eigenvalue weighted by Crippen LogP contribution is 2.01. The van der Waals surface area contributed by atoms with Crippen LogP contribution in [-0.4, -0.2) is 21.1 Å². The van der Waals surface area contributed by atoms with Gasteiger partial charge < -0.3 is 0 Å². The number of hydrogen-bond acceptors (Lipinski definition) is 3. The first kappa shape index (κ1) is 11.6. The van der Waals surface area contributed by atoms with E-state index < -0.39 is 0 Å². The number of aryl methyl sites for hydroxylation is 1. The predicted molar refractivity (Wildman–Crippen MR) is 62.0 cm³/mol. The molecule has 0 spiro atoms. The molecule has 78 valence electrons. The van der Waals surface area contributed by atoms with Gasteiger partial charge in [-0.25, -0.2) is 4.79 Å². The van der Waals surface area contributed by atoms with Crippen LogP contribution in [0.1, 0.15) is 6.92 Å². The Kier molecular flexibility index (Phi) is 4.47. The molecule has 0 amide bonds. The Labute approximate surface area is 93.9 Å². The lowest BCUT2D eigenvalue weighted by molar-refractivity contribution is 0.696. The van der Waals surface area contributed by atoms with Crippen LogP contribution in [0, 0.1) is 0 Å². The molecule has 1 heterocycles. The van der Waals surface area contributed by atoms with Crippen molar-refractivity contribution in [3.05, 3.63) is 31.5 Å². The Hall–Kier alpha value is -0.490.